The van der Waals surface area contributed by atoms with Gasteiger partial charge in [0.25, 0.3) is 0 Å². The number of hydrogen-bond acceptors (Lipinski definition) is 5. The van der Waals surface area contributed by atoms with E-state index in [1.807, 2.05) is 6.92 Å². The summed E-state index contributed by atoms with van der Waals surface area (Å²) in [4.78, 5) is 15.0. The van der Waals surface area contributed by atoms with Crippen molar-refractivity contribution in [1.82, 2.24) is 4.98 Å². The minimum absolute atomic E-state index is 0.0484. The van der Waals surface area contributed by atoms with Crippen LogP contribution in [0.15, 0.2) is 12.1 Å². The van der Waals surface area contributed by atoms with Crippen LogP contribution in [0.3, 0.4) is 0 Å². The second kappa shape index (κ2) is 6.36. The zero-order valence-corrected chi connectivity index (χ0v) is 11.2. The van der Waals surface area contributed by atoms with Crippen LogP contribution in [0.1, 0.15) is 39.0 Å². The third kappa shape index (κ3) is 3.56. The summed E-state index contributed by atoms with van der Waals surface area (Å²) in [5.74, 6) is 1.06. The molecule has 0 saturated heterocycles. The lowest BCUT2D eigenvalue weighted by Crippen LogP contribution is -2.23. The van der Waals surface area contributed by atoms with E-state index in [4.69, 9.17) is 0 Å². The average Bonchev–Trinajstić information content (AvgIpc) is 2.40. The highest BCUT2D eigenvalue weighted by molar-refractivity contribution is 5.60. The molecule has 1 aromatic heterocycles. The van der Waals surface area contributed by atoms with E-state index in [0.29, 0.717) is 17.7 Å². The monoisotopic (exact) mass is 264 g/mol. The van der Waals surface area contributed by atoms with Gasteiger partial charge in [-0.2, -0.15) is 0 Å². The van der Waals surface area contributed by atoms with Gasteiger partial charge >= 0.3 is 5.69 Å². The Morgan fingerprint density at radius 3 is 2.74 bits per heavy atom. The first-order valence-corrected chi connectivity index (χ1v) is 6.86. The molecule has 0 radical (unpaired) electrons. The minimum atomic E-state index is -0.381. The lowest BCUT2D eigenvalue weighted by molar-refractivity contribution is -0.384. The van der Waals surface area contributed by atoms with Crippen molar-refractivity contribution in [3.8, 4) is 0 Å². The molecular formula is C13H20N4O2. The van der Waals surface area contributed by atoms with Crippen molar-refractivity contribution in [2.45, 2.75) is 45.1 Å². The Labute approximate surface area is 112 Å². The molecule has 1 fully saturated rings. The molecule has 0 bridgehead atoms. The van der Waals surface area contributed by atoms with Gasteiger partial charge in [-0.3, -0.25) is 10.1 Å². The van der Waals surface area contributed by atoms with E-state index in [1.165, 1.54) is 25.3 Å². The molecule has 1 aliphatic carbocycles. The quantitative estimate of drug-likeness (QED) is 0.630. The van der Waals surface area contributed by atoms with E-state index in [2.05, 4.69) is 15.6 Å². The molecule has 19 heavy (non-hydrogen) atoms. The SMILES string of the molecule is CCNc1ccc([N+](=O)[O-])c(NC2CCCCC2)n1. The van der Waals surface area contributed by atoms with Crippen LogP contribution in [-0.4, -0.2) is 22.5 Å². The van der Waals surface area contributed by atoms with E-state index in [1.54, 1.807) is 6.07 Å². The molecular weight excluding hydrogens is 244 g/mol. The number of nitrogens with one attached hydrogen (secondary N) is 2. The van der Waals surface area contributed by atoms with Crippen molar-refractivity contribution in [3.63, 3.8) is 0 Å². The lowest BCUT2D eigenvalue weighted by atomic mass is 9.95. The number of anilines is 2. The Balaban J connectivity index is 2.18. The Hall–Kier alpha value is -1.85. The standard InChI is InChI=1S/C13H20N4O2/c1-2-14-12-9-8-11(17(18)19)13(16-12)15-10-6-4-3-5-7-10/h8-10H,2-7H2,1H3,(H2,14,15,16). The van der Waals surface area contributed by atoms with Crippen LogP contribution in [0.25, 0.3) is 0 Å². The van der Waals surface area contributed by atoms with E-state index in [-0.39, 0.29) is 10.6 Å². The molecule has 0 aromatic carbocycles. The van der Waals surface area contributed by atoms with E-state index < -0.39 is 0 Å². The fourth-order valence-corrected chi connectivity index (χ4v) is 2.43. The number of aromatic nitrogens is 1. The largest absolute Gasteiger partial charge is 0.370 e. The highest BCUT2D eigenvalue weighted by Gasteiger charge is 2.20. The zero-order chi connectivity index (χ0) is 13.7. The van der Waals surface area contributed by atoms with E-state index in [9.17, 15) is 10.1 Å². The molecule has 104 valence electrons. The van der Waals surface area contributed by atoms with Crippen LogP contribution in [0, 0.1) is 10.1 Å². The maximum absolute atomic E-state index is 11.0. The van der Waals surface area contributed by atoms with Gasteiger partial charge in [0.05, 0.1) is 4.92 Å². The molecule has 0 amide bonds. The summed E-state index contributed by atoms with van der Waals surface area (Å²) in [7, 11) is 0. The number of nitro groups is 1. The second-order valence-electron chi connectivity index (χ2n) is 4.83. The van der Waals surface area contributed by atoms with Crippen molar-refractivity contribution in [3.05, 3.63) is 22.2 Å². The van der Waals surface area contributed by atoms with Crippen LogP contribution < -0.4 is 10.6 Å². The first-order chi connectivity index (χ1) is 9.20. The van der Waals surface area contributed by atoms with E-state index >= 15 is 0 Å². The van der Waals surface area contributed by atoms with Gasteiger partial charge in [-0.05, 0) is 25.8 Å². The number of nitrogens with zero attached hydrogens (tertiary/aromatic N) is 2. The molecule has 0 spiro atoms. The highest BCUT2D eigenvalue weighted by atomic mass is 16.6. The summed E-state index contributed by atoms with van der Waals surface area (Å²) in [6.07, 6.45) is 5.73. The van der Waals surface area contributed by atoms with Crippen molar-refractivity contribution in [1.29, 1.82) is 0 Å². The second-order valence-corrected chi connectivity index (χ2v) is 4.83. The first kappa shape index (κ1) is 13.6. The van der Waals surface area contributed by atoms with Crippen LogP contribution in [0.4, 0.5) is 17.3 Å². The predicted octanol–water partition coefficient (Wildman–Crippen LogP) is 3.17. The molecule has 0 aliphatic heterocycles. The summed E-state index contributed by atoms with van der Waals surface area (Å²) >= 11 is 0. The molecule has 1 aromatic rings. The Morgan fingerprint density at radius 1 is 1.37 bits per heavy atom. The molecule has 6 heteroatoms. The fraction of sp³-hybridized carbons (Fsp3) is 0.615. The van der Waals surface area contributed by atoms with Crippen molar-refractivity contribution in [2.75, 3.05) is 17.2 Å². The molecule has 0 unspecified atom stereocenters. The van der Waals surface area contributed by atoms with E-state index in [0.717, 1.165) is 19.4 Å². The normalized spacial score (nSPS) is 16.1. The number of hydrogen-bond donors (Lipinski definition) is 2. The summed E-state index contributed by atoms with van der Waals surface area (Å²) in [5.41, 5.74) is 0.0484. The van der Waals surface area contributed by atoms with Crippen LogP contribution in [0.5, 0.6) is 0 Å². The fourth-order valence-electron chi connectivity index (χ4n) is 2.43. The van der Waals surface area contributed by atoms with Gasteiger partial charge in [0.15, 0.2) is 0 Å². The maximum atomic E-state index is 11.0. The summed E-state index contributed by atoms with van der Waals surface area (Å²) < 4.78 is 0. The van der Waals surface area contributed by atoms with Gasteiger partial charge in [0.1, 0.15) is 5.82 Å². The summed E-state index contributed by atoms with van der Waals surface area (Å²) in [6, 6.07) is 3.46. The smallest absolute Gasteiger partial charge is 0.311 e. The summed E-state index contributed by atoms with van der Waals surface area (Å²) in [5, 5.41) is 17.4. The third-order valence-electron chi connectivity index (χ3n) is 3.37. The van der Waals surface area contributed by atoms with Crippen LogP contribution >= 0.6 is 0 Å². The first-order valence-electron chi connectivity index (χ1n) is 6.86. The van der Waals surface area contributed by atoms with Gasteiger partial charge in [0, 0.05) is 18.7 Å². The molecule has 1 heterocycles. The molecule has 2 rings (SSSR count). The zero-order valence-electron chi connectivity index (χ0n) is 11.2. The summed E-state index contributed by atoms with van der Waals surface area (Å²) in [6.45, 7) is 2.71. The van der Waals surface area contributed by atoms with Crippen molar-refractivity contribution in [2.24, 2.45) is 0 Å². The predicted molar refractivity (Wildman–Crippen MR) is 75.6 cm³/mol. The van der Waals surface area contributed by atoms with Crippen molar-refractivity contribution >= 4 is 17.3 Å². The lowest BCUT2D eigenvalue weighted by Gasteiger charge is -2.23. The van der Waals surface area contributed by atoms with Crippen LogP contribution in [-0.2, 0) is 0 Å². The Morgan fingerprint density at radius 2 is 2.11 bits per heavy atom. The molecule has 2 N–H and O–H groups in total. The van der Waals surface area contributed by atoms with Gasteiger partial charge < -0.3 is 10.6 Å². The van der Waals surface area contributed by atoms with Crippen molar-refractivity contribution < 1.29 is 4.92 Å². The van der Waals surface area contributed by atoms with Gasteiger partial charge in [-0.25, -0.2) is 4.98 Å². The van der Waals surface area contributed by atoms with Crippen LogP contribution in [0.2, 0.25) is 0 Å². The average molecular weight is 264 g/mol. The maximum Gasteiger partial charge on any atom is 0.311 e. The number of pyridine rings is 1. The Kier molecular flexibility index (Phi) is 4.54. The molecule has 1 aliphatic rings. The molecule has 6 nitrogen and oxygen atoms in total. The van der Waals surface area contributed by atoms with Gasteiger partial charge in [-0.15, -0.1) is 0 Å². The topological polar surface area (TPSA) is 80.1 Å². The highest BCUT2D eigenvalue weighted by Crippen LogP contribution is 2.28. The third-order valence-corrected chi connectivity index (χ3v) is 3.37. The van der Waals surface area contributed by atoms with Gasteiger partial charge in [-0.1, -0.05) is 19.3 Å². The minimum Gasteiger partial charge on any atom is -0.370 e. The molecule has 0 atom stereocenters. The Bertz CT molecular complexity index is 444. The van der Waals surface area contributed by atoms with Gasteiger partial charge in [0.2, 0.25) is 5.82 Å². The molecule has 1 saturated carbocycles. The number of rotatable bonds is 5.